The molecule has 0 spiro atoms. The van der Waals surface area contributed by atoms with Gasteiger partial charge in [-0.2, -0.15) is 8.78 Å². The summed E-state index contributed by atoms with van der Waals surface area (Å²) < 4.78 is 33.7. The summed E-state index contributed by atoms with van der Waals surface area (Å²) in [5.74, 6) is -5.40. The Hall–Kier alpha value is -1.44. The molecule has 0 aromatic rings. The fraction of sp³-hybridized carbons (Fsp3) is 0.867. The number of nitrogens with zero attached hydrogens (tertiary/aromatic N) is 1. The zero-order chi connectivity index (χ0) is 17.9. The Bertz CT molecular complexity index is 451. The molecule has 1 atom stereocenters. The molecule has 0 radical (unpaired) electrons. The minimum Gasteiger partial charge on any atom is -0.444 e. The summed E-state index contributed by atoms with van der Waals surface area (Å²) in [4.78, 5) is 24.9. The average Bonchev–Trinajstić information content (AvgIpc) is 2.60. The summed E-state index contributed by atoms with van der Waals surface area (Å²) in [6.07, 6.45) is -1.11. The van der Waals surface area contributed by atoms with Gasteiger partial charge in [-0.3, -0.25) is 4.79 Å². The van der Waals surface area contributed by atoms with E-state index in [1.807, 2.05) is 5.32 Å². The maximum Gasteiger partial charge on any atom is 0.410 e. The molecule has 2 amide bonds. The number of hydrogen-bond acceptors (Lipinski definition) is 4. The molecule has 1 aliphatic rings. The minimum atomic E-state index is -3.91. The van der Waals surface area contributed by atoms with Gasteiger partial charge in [0.25, 0.3) is 5.91 Å². The number of amides is 2. The van der Waals surface area contributed by atoms with Crippen LogP contribution in [0.3, 0.4) is 0 Å². The lowest BCUT2D eigenvalue weighted by atomic mass is 9.87. The predicted octanol–water partition coefficient (Wildman–Crippen LogP) is 1.91. The van der Waals surface area contributed by atoms with Gasteiger partial charge < -0.3 is 20.1 Å². The van der Waals surface area contributed by atoms with E-state index in [0.717, 1.165) is 0 Å². The van der Waals surface area contributed by atoms with E-state index >= 15 is 0 Å². The Kier molecular flexibility index (Phi) is 5.95. The van der Waals surface area contributed by atoms with E-state index in [-0.39, 0.29) is 32.5 Å². The van der Waals surface area contributed by atoms with Gasteiger partial charge in [0.15, 0.2) is 0 Å². The molecule has 2 N–H and O–H groups in total. The first-order valence-electron chi connectivity index (χ1n) is 7.79. The molecule has 1 fully saturated rings. The smallest absolute Gasteiger partial charge is 0.410 e. The second-order valence-corrected chi connectivity index (χ2v) is 6.79. The summed E-state index contributed by atoms with van der Waals surface area (Å²) in [6, 6.07) is 0. The minimum absolute atomic E-state index is 0.0501. The SMILES string of the molecule is CCNC(=O)C(F)(F)C1(O)CCCN(C(=O)OC(C)(C)C)CC1. The van der Waals surface area contributed by atoms with Gasteiger partial charge >= 0.3 is 12.0 Å². The molecule has 1 rings (SSSR count). The Labute approximate surface area is 135 Å². The van der Waals surface area contributed by atoms with Crippen LogP contribution in [-0.2, 0) is 9.53 Å². The summed E-state index contributed by atoms with van der Waals surface area (Å²) >= 11 is 0. The number of carbonyl (C=O) groups is 2. The number of alkyl halides is 2. The molecule has 134 valence electrons. The number of aliphatic hydroxyl groups is 1. The molecule has 1 unspecified atom stereocenters. The maximum atomic E-state index is 14.3. The van der Waals surface area contributed by atoms with Gasteiger partial charge in [-0.1, -0.05) is 0 Å². The highest BCUT2D eigenvalue weighted by molar-refractivity contribution is 5.84. The largest absolute Gasteiger partial charge is 0.444 e. The summed E-state index contributed by atoms with van der Waals surface area (Å²) in [5.41, 5.74) is -3.16. The average molecular weight is 336 g/mol. The lowest BCUT2D eigenvalue weighted by molar-refractivity contribution is -0.195. The monoisotopic (exact) mass is 336 g/mol. The van der Waals surface area contributed by atoms with E-state index in [9.17, 15) is 23.5 Å². The lowest BCUT2D eigenvalue weighted by Gasteiger charge is -2.34. The molecule has 8 heteroatoms. The number of nitrogens with one attached hydrogen (secondary N) is 1. The fourth-order valence-corrected chi connectivity index (χ4v) is 2.43. The Morgan fingerprint density at radius 1 is 1.26 bits per heavy atom. The second-order valence-electron chi connectivity index (χ2n) is 6.79. The normalized spacial score (nSPS) is 23.2. The number of halogens is 2. The molecular formula is C15H26F2N2O4. The predicted molar refractivity (Wildman–Crippen MR) is 80.2 cm³/mol. The van der Waals surface area contributed by atoms with Crippen LogP contribution in [0.1, 0.15) is 47.0 Å². The third kappa shape index (κ3) is 4.76. The van der Waals surface area contributed by atoms with E-state index in [4.69, 9.17) is 4.74 Å². The third-order valence-corrected chi connectivity index (χ3v) is 3.67. The third-order valence-electron chi connectivity index (χ3n) is 3.67. The van der Waals surface area contributed by atoms with Crippen molar-refractivity contribution < 1.29 is 28.2 Å². The molecule has 0 aromatic heterocycles. The molecular weight excluding hydrogens is 310 g/mol. The van der Waals surface area contributed by atoms with Crippen LogP contribution in [0.5, 0.6) is 0 Å². The first-order valence-corrected chi connectivity index (χ1v) is 7.79. The summed E-state index contributed by atoms with van der Waals surface area (Å²) in [5, 5.41) is 12.4. The van der Waals surface area contributed by atoms with Crippen LogP contribution in [0.4, 0.5) is 13.6 Å². The van der Waals surface area contributed by atoms with Crippen molar-refractivity contribution in [1.82, 2.24) is 10.2 Å². The highest BCUT2D eigenvalue weighted by Gasteiger charge is 2.58. The van der Waals surface area contributed by atoms with E-state index in [1.165, 1.54) is 11.8 Å². The van der Waals surface area contributed by atoms with Gasteiger partial charge in [-0.15, -0.1) is 0 Å². The number of rotatable bonds is 3. The first kappa shape index (κ1) is 19.6. The second kappa shape index (κ2) is 6.98. The molecule has 1 aliphatic heterocycles. The highest BCUT2D eigenvalue weighted by Crippen LogP contribution is 2.37. The van der Waals surface area contributed by atoms with Crippen molar-refractivity contribution in [3.8, 4) is 0 Å². The van der Waals surface area contributed by atoms with E-state index < -0.39 is 35.5 Å². The molecule has 1 saturated heterocycles. The molecule has 1 heterocycles. The molecule has 6 nitrogen and oxygen atoms in total. The highest BCUT2D eigenvalue weighted by atomic mass is 19.3. The van der Waals surface area contributed by atoms with Gasteiger partial charge in [0.2, 0.25) is 0 Å². The van der Waals surface area contributed by atoms with Gasteiger partial charge in [0.05, 0.1) is 0 Å². The van der Waals surface area contributed by atoms with E-state index in [0.29, 0.717) is 0 Å². The summed E-state index contributed by atoms with van der Waals surface area (Å²) in [7, 11) is 0. The topological polar surface area (TPSA) is 78.9 Å². The van der Waals surface area contributed by atoms with Gasteiger partial charge in [0.1, 0.15) is 11.2 Å². The first-order chi connectivity index (χ1) is 10.4. The van der Waals surface area contributed by atoms with Crippen LogP contribution in [-0.4, -0.2) is 58.8 Å². The van der Waals surface area contributed by atoms with Crippen molar-refractivity contribution in [2.75, 3.05) is 19.6 Å². The van der Waals surface area contributed by atoms with Crippen LogP contribution < -0.4 is 5.32 Å². The van der Waals surface area contributed by atoms with Crippen LogP contribution in [0.2, 0.25) is 0 Å². The zero-order valence-corrected chi connectivity index (χ0v) is 14.1. The number of hydrogen-bond donors (Lipinski definition) is 2. The van der Waals surface area contributed by atoms with Crippen LogP contribution in [0.15, 0.2) is 0 Å². The summed E-state index contributed by atoms with van der Waals surface area (Å²) in [6.45, 7) is 6.81. The molecule has 0 aliphatic carbocycles. The molecule has 23 heavy (non-hydrogen) atoms. The van der Waals surface area contributed by atoms with E-state index in [2.05, 4.69) is 0 Å². The quantitative estimate of drug-likeness (QED) is 0.825. The van der Waals surface area contributed by atoms with Gasteiger partial charge in [0, 0.05) is 26.1 Å². The maximum absolute atomic E-state index is 14.3. The standard InChI is InChI=1S/C15H26F2N2O4/c1-5-18-11(20)15(16,17)14(22)7-6-9-19(10-8-14)12(21)23-13(2,3)4/h22H,5-10H2,1-4H3,(H,18,20). The molecule has 0 bridgehead atoms. The van der Waals surface area contributed by atoms with Gasteiger partial charge in [-0.25, -0.2) is 4.79 Å². The number of likely N-dealkylation sites (tertiary alicyclic amines) is 1. The zero-order valence-electron chi connectivity index (χ0n) is 14.1. The van der Waals surface area contributed by atoms with Gasteiger partial charge in [-0.05, 0) is 40.5 Å². The Morgan fingerprint density at radius 2 is 1.87 bits per heavy atom. The van der Waals surface area contributed by atoms with Crippen LogP contribution in [0, 0.1) is 0 Å². The van der Waals surface area contributed by atoms with Crippen molar-refractivity contribution in [3.05, 3.63) is 0 Å². The van der Waals surface area contributed by atoms with Crippen molar-refractivity contribution in [3.63, 3.8) is 0 Å². The van der Waals surface area contributed by atoms with Crippen molar-refractivity contribution in [1.29, 1.82) is 0 Å². The van der Waals surface area contributed by atoms with Crippen molar-refractivity contribution >= 4 is 12.0 Å². The van der Waals surface area contributed by atoms with Crippen molar-refractivity contribution in [2.24, 2.45) is 0 Å². The number of carbonyl (C=O) groups excluding carboxylic acids is 2. The number of ether oxygens (including phenoxy) is 1. The Balaban J connectivity index is 2.81. The molecule has 0 aromatic carbocycles. The van der Waals surface area contributed by atoms with Crippen LogP contribution >= 0.6 is 0 Å². The van der Waals surface area contributed by atoms with E-state index in [1.54, 1.807) is 20.8 Å². The van der Waals surface area contributed by atoms with Crippen molar-refractivity contribution in [2.45, 2.75) is 64.1 Å². The molecule has 0 saturated carbocycles. The Morgan fingerprint density at radius 3 is 2.39 bits per heavy atom. The fourth-order valence-electron chi connectivity index (χ4n) is 2.43. The van der Waals surface area contributed by atoms with Crippen LogP contribution in [0.25, 0.3) is 0 Å². The lowest BCUT2D eigenvalue weighted by Crippen LogP contribution is -2.57.